The van der Waals surface area contributed by atoms with Crippen molar-refractivity contribution in [3.8, 4) is 11.1 Å². The average molecular weight is 300 g/mol. The quantitative estimate of drug-likeness (QED) is 0.825. The van der Waals surface area contributed by atoms with E-state index in [2.05, 4.69) is 0 Å². The summed E-state index contributed by atoms with van der Waals surface area (Å²) in [5.74, 6) is 0. The van der Waals surface area contributed by atoms with Crippen molar-refractivity contribution in [2.75, 3.05) is 0 Å². The molecule has 0 amide bonds. The maximum absolute atomic E-state index is 13.1. The van der Waals surface area contributed by atoms with Crippen LogP contribution in [-0.2, 0) is 6.18 Å². The van der Waals surface area contributed by atoms with Gasteiger partial charge in [-0.05, 0) is 36.2 Å². The van der Waals surface area contributed by atoms with Crippen LogP contribution in [-0.4, -0.2) is 0 Å². The van der Waals surface area contributed by atoms with Gasteiger partial charge in [-0.1, -0.05) is 35.9 Å². The Morgan fingerprint density at radius 1 is 1.05 bits per heavy atom. The van der Waals surface area contributed by atoms with Crippen LogP contribution in [0.2, 0.25) is 5.02 Å². The molecule has 0 bridgehead atoms. The van der Waals surface area contributed by atoms with Crippen LogP contribution < -0.4 is 5.73 Å². The Kier molecular flexibility index (Phi) is 4.06. The van der Waals surface area contributed by atoms with E-state index in [0.29, 0.717) is 5.56 Å². The van der Waals surface area contributed by atoms with Crippen LogP contribution in [0.3, 0.4) is 0 Å². The molecule has 0 saturated heterocycles. The van der Waals surface area contributed by atoms with Crippen LogP contribution >= 0.6 is 11.6 Å². The second-order valence-corrected chi connectivity index (χ2v) is 4.98. The number of benzene rings is 2. The second kappa shape index (κ2) is 5.46. The first-order valence-corrected chi connectivity index (χ1v) is 6.40. The van der Waals surface area contributed by atoms with Crippen LogP contribution in [0, 0.1) is 0 Å². The summed E-state index contributed by atoms with van der Waals surface area (Å²) < 4.78 is 39.2. The number of alkyl halides is 3. The minimum absolute atomic E-state index is 0.0625. The lowest BCUT2D eigenvalue weighted by Crippen LogP contribution is -2.08. The van der Waals surface area contributed by atoms with Gasteiger partial charge in [0.25, 0.3) is 0 Å². The first-order chi connectivity index (χ1) is 9.30. The van der Waals surface area contributed by atoms with Crippen LogP contribution in [0.4, 0.5) is 13.2 Å². The highest BCUT2D eigenvalue weighted by Crippen LogP contribution is 2.39. The molecule has 1 nitrogen and oxygen atoms in total. The summed E-state index contributed by atoms with van der Waals surface area (Å²) in [6, 6.07) is 9.99. The molecule has 0 radical (unpaired) electrons. The van der Waals surface area contributed by atoms with Gasteiger partial charge < -0.3 is 5.73 Å². The normalized spacial score (nSPS) is 13.3. The predicted molar refractivity (Wildman–Crippen MR) is 74.5 cm³/mol. The zero-order chi connectivity index (χ0) is 14.9. The van der Waals surface area contributed by atoms with E-state index in [4.69, 9.17) is 17.3 Å². The van der Waals surface area contributed by atoms with Gasteiger partial charge in [-0.2, -0.15) is 13.2 Å². The number of nitrogens with two attached hydrogens (primary N) is 1. The van der Waals surface area contributed by atoms with Crippen LogP contribution in [0.25, 0.3) is 11.1 Å². The van der Waals surface area contributed by atoms with Crippen molar-refractivity contribution in [3.63, 3.8) is 0 Å². The van der Waals surface area contributed by atoms with Crippen molar-refractivity contribution in [1.29, 1.82) is 0 Å². The molecule has 0 spiro atoms. The van der Waals surface area contributed by atoms with Gasteiger partial charge in [0.2, 0.25) is 0 Å². The zero-order valence-electron chi connectivity index (χ0n) is 10.7. The standard InChI is InChI=1S/C15H13ClF3N/c1-9(20)10-6-7-14(16)12(8-10)11-4-2-3-5-13(11)15(17,18)19/h2-9H,20H2,1H3. The van der Waals surface area contributed by atoms with Gasteiger partial charge >= 0.3 is 6.18 Å². The van der Waals surface area contributed by atoms with E-state index < -0.39 is 11.7 Å². The molecule has 20 heavy (non-hydrogen) atoms. The maximum atomic E-state index is 13.1. The minimum atomic E-state index is -4.43. The SMILES string of the molecule is CC(N)c1ccc(Cl)c(-c2ccccc2C(F)(F)F)c1. The second-order valence-electron chi connectivity index (χ2n) is 4.57. The molecule has 1 unspecified atom stereocenters. The molecule has 106 valence electrons. The first kappa shape index (κ1) is 14.9. The molecule has 0 aliphatic rings. The topological polar surface area (TPSA) is 26.0 Å². The molecule has 0 aliphatic carbocycles. The lowest BCUT2D eigenvalue weighted by atomic mass is 9.96. The van der Waals surface area contributed by atoms with Gasteiger partial charge in [-0.15, -0.1) is 0 Å². The number of hydrogen-bond acceptors (Lipinski definition) is 1. The molecular formula is C15H13ClF3N. The molecule has 2 rings (SSSR count). The fraction of sp³-hybridized carbons (Fsp3) is 0.200. The third kappa shape index (κ3) is 2.97. The zero-order valence-corrected chi connectivity index (χ0v) is 11.5. The molecule has 0 heterocycles. The van der Waals surface area contributed by atoms with Gasteiger partial charge in [0, 0.05) is 16.6 Å². The third-order valence-corrected chi connectivity index (χ3v) is 3.37. The smallest absolute Gasteiger partial charge is 0.324 e. The van der Waals surface area contributed by atoms with E-state index in [1.807, 2.05) is 0 Å². The van der Waals surface area contributed by atoms with Gasteiger partial charge in [-0.3, -0.25) is 0 Å². The lowest BCUT2D eigenvalue weighted by molar-refractivity contribution is -0.137. The van der Waals surface area contributed by atoms with E-state index in [9.17, 15) is 13.2 Å². The van der Waals surface area contributed by atoms with Crippen molar-refractivity contribution in [2.24, 2.45) is 5.73 Å². The van der Waals surface area contributed by atoms with Gasteiger partial charge in [0.1, 0.15) is 0 Å². The van der Waals surface area contributed by atoms with Gasteiger partial charge in [-0.25, -0.2) is 0 Å². The van der Waals surface area contributed by atoms with Crippen LogP contribution in [0.15, 0.2) is 42.5 Å². The summed E-state index contributed by atoms with van der Waals surface area (Å²) in [7, 11) is 0. The summed E-state index contributed by atoms with van der Waals surface area (Å²) in [5.41, 5.74) is 6.21. The molecule has 2 aromatic carbocycles. The summed E-state index contributed by atoms with van der Waals surface area (Å²) in [6.07, 6.45) is -4.43. The van der Waals surface area contributed by atoms with E-state index in [1.54, 1.807) is 31.2 Å². The summed E-state index contributed by atoms with van der Waals surface area (Å²) >= 11 is 6.05. The minimum Gasteiger partial charge on any atom is -0.324 e. The van der Waals surface area contributed by atoms with E-state index >= 15 is 0 Å². The Labute approximate surface area is 120 Å². The first-order valence-electron chi connectivity index (χ1n) is 6.02. The Morgan fingerprint density at radius 2 is 1.70 bits per heavy atom. The Hall–Kier alpha value is -1.52. The fourth-order valence-corrected chi connectivity index (χ4v) is 2.22. The highest BCUT2D eigenvalue weighted by atomic mass is 35.5. The largest absolute Gasteiger partial charge is 0.417 e. The lowest BCUT2D eigenvalue weighted by Gasteiger charge is -2.15. The van der Waals surface area contributed by atoms with Crippen molar-refractivity contribution < 1.29 is 13.2 Å². The van der Waals surface area contributed by atoms with Crippen molar-refractivity contribution in [3.05, 3.63) is 58.6 Å². The molecule has 5 heteroatoms. The van der Waals surface area contributed by atoms with Crippen molar-refractivity contribution in [1.82, 2.24) is 0 Å². The van der Waals surface area contributed by atoms with Gasteiger partial charge in [0.05, 0.1) is 5.56 Å². The van der Waals surface area contributed by atoms with Gasteiger partial charge in [0.15, 0.2) is 0 Å². The maximum Gasteiger partial charge on any atom is 0.417 e. The summed E-state index contributed by atoms with van der Waals surface area (Å²) in [6.45, 7) is 1.77. The Bertz CT molecular complexity index is 621. The molecule has 0 saturated carbocycles. The Balaban J connectivity index is 2.66. The molecule has 0 aromatic heterocycles. The molecule has 2 N–H and O–H groups in total. The molecule has 2 aromatic rings. The predicted octanol–water partition coefficient (Wildman–Crippen LogP) is 5.05. The highest BCUT2D eigenvalue weighted by molar-refractivity contribution is 6.33. The number of hydrogen-bond donors (Lipinski definition) is 1. The van der Waals surface area contributed by atoms with E-state index in [1.165, 1.54) is 12.1 Å². The Morgan fingerprint density at radius 3 is 2.30 bits per heavy atom. The third-order valence-electron chi connectivity index (χ3n) is 3.04. The molecule has 1 atom stereocenters. The summed E-state index contributed by atoms with van der Waals surface area (Å²) in [5, 5.41) is 0.270. The van der Waals surface area contributed by atoms with E-state index in [-0.39, 0.29) is 16.6 Å². The number of halogens is 4. The van der Waals surface area contributed by atoms with Crippen molar-refractivity contribution >= 4 is 11.6 Å². The van der Waals surface area contributed by atoms with Crippen LogP contribution in [0.5, 0.6) is 0 Å². The highest BCUT2D eigenvalue weighted by Gasteiger charge is 2.33. The fourth-order valence-electron chi connectivity index (χ4n) is 2.00. The van der Waals surface area contributed by atoms with E-state index in [0.717, 1.165) is 11.6 Å². The monoisotopic (exact) mass is 299 g/mol. The average Bonchev–Trinajstić information content (AvgIpc) is 2.38. The van der Waals surface area contributed by atoms with Crippen LogP contribution in [0.1, 0.15) is 24.1 Å². The summed E-state index contributed by atoms with van der Waals surface area (Å²) in [4.78, 5) is 0. The number of rotatable bonds is 2. The van der Waals surface area contributed by atoms with Crippen molar-refractivity contribution in [2.45, 2.75) is 19.1 Å². The molecule has 0 fully saturated rings. The molecule has 0 aliphatic heterocycles. The molecular weight excluding hydrogens is 287 g/mol.